The van der Waals surface area contributed by atoms with Crippen LogP contribution in [0, 0.1) is 6.92 Å². The van der Waals surface area contributed by atoms with Gasteiger partial charge in [0.1, 0.15) is 11.5 Å². The fraction of sp³-hybridized carbons (Fsp3) is 0.312. The number of anilines is 1. The molecule has 0 saturated carbocycles. The lowest BCUT2D eigenvalue weighted by Crippen LogP contribution is -2.37. The van der Waals surface area contributed by atoms with Gasteiger partial charge in [-0.25, -0.2) is 14.8 Å². The summed E-state index contributed by atoms with van der Waals surface area (Å²) in [4.78, 5) is 21.6. The van der Waals surface area contributed by atoms with E-state index in [2.05, 4.69) is 14.9 Å². The number of carboxylic acids is 1. The third kappa shape index (κ3) is 2.92. The maximum absolute atomic E-state index is 11.0. The number of aromatic carboxylic acids is 1. The Labute approximate surface area is 128 Å². The first kappa shape index (κ1) is 14.5. The molecule has 0 aliphatic carbocycles. The summed E-state index contributed by atoms with van der Waals surface area (Å²) in [6.45, 7) is 5.13. The van der Waals surface area contributed by atoms with E-state index in [1.165, 1.54) is 6.20 Å². The van der Waals surface area contributed by atoms with Crippen molar-refractivity contribution in [3.05, 3.63) is 41.9 Å². The van der Waals surface area contributed by atoms with Crippen LogP contribution in [0.2, 0.25) is 0 Å². The number of ether oxygens (including phenoxy) is 1. The van der Waals surface area contributed by atoms with E-state index in [1.54, 1.807) is 18.3 Å². The van der Waals surface area contributed by atoms with Gasteiger partial charge < -0.3 is 14.7 Å². The summed E-state index contributed by atoms with van der Waals surface area (Å²) >= 11 is 0. The predicted octanol–water partition coefficient (Wildman–Crippen LogP) is 1.99. The van der Waals surface area contributed by atoms with E-state index in [0.29, 0.717) is 0 Å². The lowest BCUT2D eigenvalue weighted by atomic mass is 10.1. The largest absolute Gasteiger partial charge is 0.477 e. The smallest absolute Gasteiger partial charge is 0.354 e. The molecule has 1 aliphatic rings. The van der Waals surface area contributed by atoms with Crippen LogP contribution in [0.25, 0.3) is 11.1 Å². The van der Waals surface area contributed by atoms with Crippen LogP contribution in [0.3, 0.4) is 0 Å². The molecule has 1 fully saturated rings. The van der Waals surface area contributed by atoms with Crippen LogP contribution in [0.1, 0.15) is 16.1 Å². The van der Waals surface area contributed by atoms with Crippen molar-refractivity contribution in [3.8, 4) is 11.1 Å². The van der Waals surface area contributed by atoms with Gasteiger partial charge >= 0.3 is 5.97 Å². The number of rotatable bonds is 3. The Balaban J connectivity index is 1.91. The van der Waals surface area contributed by atoms with Gasteiger partial charge in [-0.05, 0) is 36.2 Å². The van der Waals surface area contributed by atoms with Crippen LogP contribution in [0.15, 0.2) is 30.6 Å². The van der Waals surface area contributed by atoms with Gasteiger partial charge in [0.2, 0.25) is 0 Å². The predicted molar refractivity (Wildman–Crippen MR) is 82.2 cm³/mol. The summed E-state index contributed by atoms with van der Waals surface area (Å²) in [6, 6.07) is 5.38. The third-order valence-corrected chi connectivity index (χ3v) is 3.67. The number of nitrogens with zero attached hydrogens (tertiary/aromatic N) is 3. The normalized spacial score (nSPS) is 14.9. The molecule has 0 radical (unpaired) electrons. The monoisotopic (exact) mass is 299 g/mol. The molecule has 0 spiro atoms. The Bertz CT molecular complexity index is 697. The standard InChI is InChI=1S/C16H17N3O3/c1-11-8-13(12-2-3-17-14(9-12)16(20)21)10-18-15(11)19-4-6-22-7-5-19/h2-3,8-10H,4-7H2,1H3,(H,20,21). The van der Waals surface area contributed by atoms with E-state index in [-0.39, 0.29) is 5.69 Å². The molecule has 0 amide bonds. The van der Waals surface area contributed by atoms with Crippen LogP contribution in [0.4, 0.5) is 5.82 Å². The Hall–Kier alpha value is -2.47. The molecule has 0 unspecified atom stereocenters. The Morgan fingerprint density at radius 3 is 2.68 bits per heavy atom. The first-order valence-corrected chi connectivity index (χ1v) is 7.14. The lowest BCUT2D eigenvalue weighted by molar-refractivity contribution is 0.0690. The second-order valence-electron chi connectivity index (χ2n) is 5.20. The maximum atomic E-state index is 11.0. The van der Waals surface area contributed by atoms with E-state index in [4.69, 9.17) is 9.84 Å². The van der Waals surface area contributed by atoms with Gasteiger partial charge in [-0.2, -0.15) is 0 Å². The van der Waals surface area contributed by atoms with Crippen LogP contribution in [0.5, 0.6) is 0 Å². The molecule has 0 bridgehead atoms. The quantitative estimate of drug-likeness (QED) is 0.934. The minimum Gasteiger partial charge on any atom is -0.477 e. The average Bonchev–Trinajstić information content (AvgIpc) is 2.55. The molecule has 1 aliphatic heterocycles. The van der Waals surface area contributed by atoms with Gasteiger partial charge in [0.05, 0.1) is 13.2 Å². The molecule has 0 aromatic carbocycles. The average molecular weight is 299 g/mol. The van der Waals surface area contributed by atoms with Crippen LogP contribution < -0.4 is 4.90 Å². The van der Waals surface area contributed by atoms with Crippen LogP contribution >= 0.6 is 0 Å². The van der Waals surface area contributed by atoms with Crippen LogP contribution in [-0.4, -0.2) is 47.3 Å². The zero-order valence-electron chi connectivity index (χ0n) is 12.3. The molecule has 114 valence electrons. The lowest BCUT2D eigenvalue weighted by Gasteiger charge is -2.29. The van der Waals surface area contributed by atoms with E-state index in [1.807, 2.05) is 13.0 Å². The van der Waals surface area contributed by atoms with Gasteiger partial charge in [0, 0.05) is 31.0 Å². The fourth-order valence-electron chi connectivity index (χ4n) is 2.56. The number of carbonyl (C=O) groups is 1. The zero-order valence-corrected chi connectivity index (χ0v) is 12.3. The van der Waals surface area contributed by atoms with E-state index in [0.717, 1.165) is 48.8 Å². The molecule has 0 atom stereocenters. The van der Waals surface area contributed by atoms with Crippen molar-refractivity contribution in [2.75, 3.05) is 31.2 Å². The first-order chi connectivity index (χ1) is 10.6. The van der Waals surface area contributed by atoms with Crippen molar-refractivity contribution < 1.29 is 14.6 Å². The highest BCUT2D eigenvalue weighted by Gasteiger charge is 2.15. The Morgan fingerprint density at radius 2 is 2.00 bits per heavy atom. The van der Waals surface area contributed by atoms with Crippen molar-refractivity contribution in [1.82, 2.24) is 9.97 Å². The molecule has 3 heterocycles. The minimum atomic E-state index is -1.03. The first-order valence-electron chi connectivity index (χ1n) is 7.14. The van der Waals surface area contributed by atoms with Gasteiger partial charge in [0.25, 0.3) is 0 Å². The van der Waals surface area contributed by atoms with Crippen molar-refractivity contribution in [2.45, 2.75) is 6.92 Å². The number of hydrogen-bond acceptors (Lipinski definition) is 5. The highest BCUT2D eigenvalue weighted by atomic mass is 16.5. The Kier molecular flexibility index (Phi) is 4.02. The summed E-state index contributed by atoms with van der Waals surface area (Å²) < 4.78 is 5.36. The highest BCUT2D eigenvalue weighted by Crippen LogP contribution is 2.25. The number of morpholine rings is 1. The molecule has 1 N–H and O–H groups in total. The molecule has 2 aromatic rings. The molecular weight excluding hydrogens is 282 g/mol. The van der Waals surface area contributed by atoms with Gasteiger partial charge in [-0.15, -0.1) is 0 Å². The van der Waals surface area contributed by atoms with E-state index in [9.17, 15) is 4.79 Å². The highest BCUT2D eigenvalue weighted by molar-refractivity contribution is 5.87. The second kappa shape index (κ2) is 6.11. The minimum absolute atomic E-state index is 0.0346. The van der Waals surface area contributed by atoms with E-state index >= 15 is 0 Å². The van der Waals surface area contributed by atoms with Crippen molar-refractivity contribution in [1.29, 1.82) is 0 Å². The fourth-order valence-corrected chi connectivity index (χ4v) is 2.56. The summed E-state index contributed by atoms with van der Waals surface area (Å²) in [5.41, 5.74) is 2.79. The molecule has 6 nitrogen and oxygen atoms in total. The summed E-state index contributed by atoms with van der Waals surface area (Å²) in [5.74, 6) is -0.0731. The summed E-state index contributed by atoms with van der Waals surface area (Å²) in [5, 5.41) is 9.03. The number of aromatic nitrogens is 2. The molecule has 1 saturated heterocycles. The molecule has 3 rings (SSSR count). The third-order valence-electron chi connectivity index (χ3n) is 3.67. The number of carboxylic acid groups (broad SMARTS) is 1. The molecule has 2 aromatic heterocycles. The second-order valence-corrected chi connectivity index (χ2v) is 5.20. The van der Waals surface area contributed by atoms with Gasteiger partial charge in [-0.3, -0.25) is 0 Å². The summed E-state index contributed by atoms with van der Waals surface area (Å²) in [7, 11) is 0. The number of aryl methyl sites for hydroxylation is 1. The van der Waals surface area contributed by atoms with Crippen LogP contribution in [-0.2, 0) is 4.74 Å². The van der Waals surface area contributed by atoms with Crippen molar-refractivity contribution in [3.63, 3.8) is 0 Å². The van der Waals surface area contributed by atoms with Crippen molar-refractivity contribution >= 4 is 11.8 Å². The summed E-state index contributed by atoms with van der Waals surface area (Å²) in [6.07, 6.45) is 3.28. The molecular formula is C16H17N3O3. The molecule has 22 heavy (non-hydrogen) atoms. The zero-order chi connectivity index (χ0) is 15.5. The number of pyridine rings is 2. The topological polar surface area (TPSA) is 75.5 Å². The molecule has 6 heteroatoms. The van der Waals surface area contributed by atoms with E-state index < -0.39 is 5.97 Å². The van der Waals surface area contributed by atoms with Gasteiger partial charge in [-0.1, -0.05) is 0 Å². The Morgan fingerprint density at radius 1 is 1.23 bits per heavy atom. The maximum Gasteiger partial charge on any atom is 0.354 e. The SMILES string of the molecule is Cc1cc(-c2ccnc(C(=O)O)c2)cnc1N1CCOCC1. The van der Waals surface area contributed by atoms with Crippen molar-refractivity contribution in [2.24, 2.45) is 0 Å². The van der Waals surface area contributed by atoms with Gasteiger partial charge in [0.15, 0.2) is 0 Å². The number of hydrogen-bond donors (Lipinski definition) is 1.